The molecule has 12 rings (SSSR count). The number of carbonyl (C=O) groups is 9. The Kier molecular flexibility index (Phi) is 15.2. The topological polar surface area (TPSA) is 270 Å². The summed E-state index contributed by atoms with van der Waals surface area (Å²) in [5, 5.41) is 9.31. The average molecular weight is 1120 g/mol. The predicted octanol–water partition coefficient (Wildman–Crippen LogP) is 7.01. The molecule has 80 heavy (non-hydrogen) atoms. The molecule has 6 heterocycles. The van der Waals surface area contributed by atoms with E-state index in [1.165, 1.54) is 0 Å². The van der Waals surface area contributed by atoms with E-state index in [2.05, 4.69) is 6.07 Å². The largest absolute Gasteiger partial charge is 0.458 e. The zero-order valence-corrected chi connectivity index (χ0v) is 49.0. The van der Waals surface area contributed by atoms with Crippen LogP contribution in [0.15, 0.2) is 0 Å². The number of hydrogen-bond acceptors (Lipinski definition) is 20. The van der Waals surface area contributed by atoms with E-state index < -0.39 is 68.4 Å². The molecule has 6 saturated carbocycles. The van der Waals surface area contributed by atoms with Crippen LogP contribution in [0.5, 0.6) is 0 Å². The van der Waals surface area contributed by atoms with Crippen LogP contribution in [-0.2, 0) is 90.5 Å². The number of carbonyl (C=O) groups excluding carboxylic acids is 9. The molecule has 6 saturated heterocycles. The predicted molar refractivity (Wildman–Crippen MR) is 276 cm³/mol. The fourth-order valence-corrected chi connectivity index (χ4v) is 14.4. The van der Waals surface area contributed by atoms with Gasteiger partial charge in [-0.3, -0.25) is 38.4 Å². The molecule has 0 amide bonds. The van der Waals surface area contributed by atoms with Crippen molar-refractivity contribution in [3.8, 4) is 6.07 Å². The first-order valence-electron chi connectivity index (χ1n) is 29.2. The molecule has 0 aromatic carbocycles. The summed E-state index contributed by atoms with van der Waals surface area (Å²) >= 11 is 0. The van der Waals surface area contributed by atoms with Gasteiger partial charge in [-0.25, -0.2) is 4.79 Å². The maximum absolute atomic E-state index is 12.3. The first-order valence-corrected chi connectivity index (χ1v) is 29.2. The van der Waals surface area contributed by atoms with Gasteiger partial charge in [0.1, 0.15) is 48.3 Å². The SMILES string of the molecule is CCC(C)(C)C(=O)OC1(C)C2CC3C(=O)OC1C3C2.CCC(C)(C)C(=O)OC1(C)C2CC3C(=O)OC1C3O2.CCC(C)(C)C(=O)OC1C2CC3C1OC(=O)C3(C#N)C2.CCC(C)(C)C(=O)OCC(=O)OC1C2CC3C(=O)OC1C3C2. The fraction of sp³-hybridized carbons (Fsp3) is 0.833. The fourth-order valence-electron chi connectivity index (χ4n) is 14.4. The standard InChI is InChI=1S/C16H22O6.C15H19NO4.C15H22O4.C14H20O5/c1-4-16(2,3)15(19)20-7-11(17)21-12-8-5-9-10(6-8)14(18)22-13(9)12;1-4-14(2,3)12(17)19-10-8-5-9-11(10)20-13(18)15(9,6-8)7-16;1-5-14(2,3)13(17)19-15(4)8-6-9-10(7-8)12(16)18-11(9)15;1-5-13(2,3)12(16)19-14(4)8-6-7-9(17-8)10(14)18-11(7)15/h8-10,12-13H,4-7H2,1-3H3;8-11H,4-6H2,1-3H3;8-11H,5-7H2,1-4H3;7-10H,5-6H2,1-4H3. The molecule has 12 aliphatic rings. The third kappa shape index (κ3) is 9.56. The van der Waals surface area contributed by atoms with Gasteiger partial charge in [0.2, 0.25) is 0 Å². The maximum Gasteiger partial charge on any atom is 0.344 e. The second-order valence-corrected chi connectivity index (χ2v) is 27.7. The summed E-state index contributed by atoms with van der Waals surface area (Å²) < 4.78 is 55.0. The highest BCUT2D eigenvalue weighted by Gasteiger charge is 2.74. The second kappa shape index (κ2) is 20.5. The monoisotopic (exact) mass is 1120 g/mol. The molecular formula is C60H83NO19. The van der Waals surface area contributed by atoms with Crippen LogP contribution in [0.3, 0.4) is 0 Å². The van der Waals surface area contributed by atoms with Crippen molar-refractivity contribution in [3.05, 3.63) is 0 Å². The van der Waals surface area contributed by atoms with E-state index in [0.29, 0.717) is 32.1 Å². The number of esters is 9. The van der Waals surface area contributed by atoms with Crippen molar-refractivity contribution in [2.45, 2.75) is 228 Å². The van der Waals surface area contributed by atoms with Gasteiger partial charge < -0.3 is 47.4 Å². The van der Waals surface area contributed by atoms with E-state index in [1.807, 2.05) is 83.1 Å². The molecule has 0 spiro atoms. The van der Waals surface area contributed by atoms with Crippen LogP contribution < -0.4 is 0 Å². The van der Waals surface area contributed by atoms with Crippen molar-refractivity contribution in [1.82, 2.24) is 0 Å². The summed E-state index contributed by atoms with van der Waals surface area (Å²) in [6.07, 6.45) is 5.36. The molecule has 12 fully saturated rings. The Balaban J connectivity index is 0.000000129. The smallest absolute Gasteiger partial charge is 0.344 e. The summed E-state index contributed by atoms with van der Waals surface area (Å²) in [6, 6.07) is 2.15. The molecule has 0 N–H and O–H groups in total. The number of hydrogen-bond donors (Lipinski definition) is 0. The molecule has 6 aliphatic heterocycles. The van der Waals surface area contributed by atoms with Gasteiger partial charge in [0.05, 0.1) is 45.5 Å². The highest BCUT2D eigenvalue weighted by Crippen LogP contribution is 2.63. The zero-order chi connectivity index (χ0) is 58.8. The summed E-state index contributed by atoms with van der Waals surface area (Å²) in [6.45, 7) is 25.9. The molecule has 20 nitrogen and oxygen atoms in total. The van der Waals surface area contributed by atoms with E-state index in [4.69, 9.17) is 47.4 Å². The van der Waals surface area contributed by atoms with Crippen molar-refractivity contribution in [1.29, 1.82) is 5.26 Å². The molecule has 8 bridgehead atoms. The summed E-state index contributed by atoms with van der Waals surface area (Å²) in [4.78, 5) is 108. The number of ether oxygens (including phenoxy) is 10. The first kappa shape index (κ1) is 59.3. The third-order valence-corrected chi connectivity index (χ3v) is 21.5. The van der Waals surface area contributed by atoms with E-state index in [0.717, 1.165) is 38.5 Å². The Morgan fingerprint density at radius 1 is 0.562 bits per heavy atom. The molecule has 6 aliphatic carbocycles. The van der Waals surface area contributed by atoms with E-state index in [1.54, 1.807) is 13.8 Å². The summed E-state index contributed by atoms with van der Waals surface area (Å²) in [5.41, 5.74) is -4.58. The van der Waals surface area contributed by atoms with Crippen molar-refractivity contribution >= 4 is 53.7 Å². The molecule has 20 heteroatoms. The average Bonchev–Trinajstić information content (AvgIpc) is 4.39. The lowest BCUT2D eigenvalue weighted by molar-refractivity contribution is -0.188. The van der Waals surface area contributed by atoms with Crippen LogP contribution in [0.25, 0.3) is 0 Å². The minimum atomic E-state index is -0.974. The van der Waals surface area contributed by atoms with Crippen LogP contribution in [0, 0.1) is 91.7 Å². The number of nitriles is 1. The Morgan fingerprint density at radius 2 is 1.10 bits per heavy atom. The molecule has 20 atom stereocenters. The number of nitrogens with zero attached hydrogens (tertiary/aromatic N) is 1. The Bertz CT molecular complexity index is 2540. The quantitative estimate of drug-likeness (QED) is 0.125. The van der Waals surface area contributed by atoms with E-state index in [9.17, 15) is 48.4 Å². The van der Waals surface area contributed by atoms with Crippen molar-refractivity contribution in [2.75, 3.05) is 6.61 Å². The summed E-state index contributed by atoms with van der Waals surface area (Å²) in [5.74, 6) is -1.77. The molecular weight excluding hydrogens is 1040 g/mol. The lowest BCUT2D eigenvalue weighted by Crippen LogP contribution is -2.52. The lowest BCUT2D eigenvalue weighted by atomic mass is 9.74. The molecule has 0 aromatic rings. The normalized spacial score (nSPS) is 40.7. The highest BCUT2D eigenvalue weighted by atomic mass is 16.7. The minimum Gasteiger partial charge on any atom is -0.458 e. The van der Waals surface area contributed by atoms with Crippen molar-refractivity contribution < 1.29 is 90.5 Å². The van der Waals surface area contributed by atoms with Gasteiger partial charge >= 0.3 is 53.7 Å². The number of fused-ring (bicyclic) bond motifs is 4. The van der Waals surface area contributed by atoms with Gasteiger partial charge in [0.15, 0.2) is 23.7 Å². The molecule has 0 radical (unpaired) electrons. The molecule has 20 unspecified atom stereocenters. The third-order valence-electron chi connectivity index (χ3n) is 21.5. The van der Waals surface area contributed by atoms with Crippen LogP contribution >= 0.6 is 0 Å². The van der Waals surface area contributed by atoms with Crippen LogP contribution in [-0.4, -0.2) is 120 Å². The zero-order valence-electron chi connectivity index (χ0n) is 49.0. The minimum absolute atomic E-state index is 0.00636. The van der Waals surface area contributed by atoms with Gasteiger partial charge in [-0.2, -0.15) is 5.26 Å². The Morgan fingerprint density at radius 3 is 1.71 bits per heavy atom. The maximum atomic E-state index is 12.3. The van der Waals surface area contributed by atoms with Crippen LogP contribution in [0.1, 0.15) is 168 Å². The molecule has 0 aromatic heterocycles. The second-order valence-electron chi connectivity index (χ2n) is 27.7. The Labute approximate surface area is 468 Å². The number of rotatable bonds is 14. The van der Waals surface area contributed by atoms with Crippen LogP contribution in [0.2, 0.25) is 0 Å². The van der Waals surface area contributed by atoms with Crippen molar-refractivity contribution in [2.24, 2.45) is 80.3 Å². The van der Waals surface area contributed by atoms with Gasteiger partial charge in [-0.05, 0) is 140 Å². The van der Waals surface area contributed by atoms with E-state index >= 15 is 0 Å². The lowest BCUT2D eigenvalue weighted by Gasteiger charge is -2.38. The first-order chi connectivity index (χ1) is 37.3. The summed E-state index contributed by atoms with van der Waals surface area (Å²) in [7, 11) is 0. The van der Waals surface area contributed by atoms with Gasteiger partial charge in [-0.15, -0.1) is 0 Å². The highest BCUT2D eigenvalue weighted by molar-refractivity contribution is 5.85. The van der Waals surface area contributed by atoms with Gasteiger partial charge in [0.25, 0.3) is 0 Å². The van der Waals surface area contributed by atoms with E-state index in [-0.39, 0.29) is 132 Å². The van der Waals surface area contributed by atoms with Gasteiger partial charge in [0, 0.05) is 35.5 Å². The molecule has 442 valence electrons. The van der Waals surface area contributed by atoms with Gasteiger partial charge in [-0.1, -0.05) is 27.7 Å². The Hall–Kier alpha value is -5.32. The van der Waals surface area contributed by atoms with Crippen molar-refractivity contribution in [3.63, 3.8) is 0 Å². The van der Waals surface area contributed by atoms with Crippen LogP contribution in [0.4, 0.5) is 0 Å².